The maximum atomic E-state index is 13.9. The number of imidazole rings is 1. The van der Waals surface area contributed by atoms with E-state index in [9.17, 15) is 4.39 Å². The molecule has 0 aliphatic rings. The summed E-state index contributed by atoms with van der Waals surface area (Å²) in [6.07, 6.45) is 3.74. The van der Waals surface area contributed by atoms with Gasteiger partial charge in [0.2, 0.25) is 0 Å². The van der Waals surface area contributed by atoms with E-state index in [0.717, 1.165) is 11.3 Å². The monoisotopic (exact) mass is 301 g/mol. The zero-order chi connectivity index (χ0) is 14.8. The fourth-order valence-electron chi connectivity index (χ4n) is 1.98. The van der Waals surface area contributed by atoms with Crippen molar-refractivity contribution in [3.63, 3.8) is 0 Å². The van der Waals surface area contributed by atoms with Crippen molar-refractivity contribution in [2.75, 3.05) is 0 Å². The Morgan fingerprint density at radius 1 is 1.33 bits per heavy atom. The topological polar surface area (TPSA) is 52.5 Å². The SMILES string of the molecule is NC(=S)c1ccc(OCc2cn3ccccc3n2)c(F)c1. The molecule has 3 aromatic rings. The molecule has 0 aliphatic heterocycles. The Balaban J connectivity index is 1.76. The minimum Gasteiger partial charge on any atom is -0.484 e. The Bertz CT molecular complexity index is 783. The third-order valence-electron chi connectivity index (χ3n) is 3.01. The van der Waals surface area contributed by atoms with E-state index in [1.54, 1.807) is 6.07 Å². The number of hydrogen-bond donors (Lipinski definition) is 1. The van der Waals surface area contributed by atoms with E-state index in [1.807, 2.05) is 35.0 Å². The minimum atomic E-state index is -0.496. The van der Waals surface area contributed by atoms with Gasteiger partial charge in [0.15, 0.2) is 11.6 Å². The van der Waals surface area contributed by atoms with Gasteiger partial charge in [0, 0.05) is 18.0 Å². The molecule has 0 radical (unpaired) electrons. The first-order valence-corrected chi connectivity index (χ1v) is 6.69. The van der Waals surface area contributed by atoms with Gasteiger partial charge in [0.25, 0.3) is 0 Å². The second-order valence-electron chi connectivity index (χ2n) is 4.50. The highest BCUT2D eigenvalue weighted by Gasteiger charge is 2.08. The Labute approximate surface area is 126 Å². The van der Waals surface area contributed by atoms with Gasteiger partial charge in [-0.2, -0.15) is 0 Å². The van der Waals surface area contributed by atoms with Crippen LogP contribution in [0.4, 0.5) is 4.39 Å². The summed E-state index contributed by atoms with van der Waals surface area (Å²) in [5.41, 5.74) is 7.47. The highest BCUT2D eigenvalue weighted by atomic mass is 32.1. The van der Waals surface area contributed by atoms with Crippen molar-refractivity contribution >= 4 is 22.9 Å². The smallest absolute Gasteiger partial charge is 0.165 e. The van der Waals surface area contributed by atoms with Crippen molar-refractivity contribution < 1.29 is 9.13 Å². The molecular formula is C15H12FN3OS. The highest BCUT2D eigenvalue weighted by molar-refractivity contribution is 7.80. The Hall–Kier alpha value is -2.47. The molecule has 106 valence electrons. The summed E-state index contributed by atoms with van der Waals surface area (Å²) in [4.78, 5) is 4.53. The molecule has 0 bridgehead atoms. The van der Waals surface area contributed by atoms with E-state index in [1.165, 1.54) is 12.1 Å². The van der Waals surface area contributed by atoms with Crippen LogP contribution in [-0.2, 0) is 6.61 Å². The van der Waals surface area contributed by atoms with Crippen molar-refractivity contribution in [2.24, 2.45) is 5.73 Å². The van der Waals surface area contributed by atoms with Crippen molar-refractivity contribution in [3.05, 3.63) is 65.9 Å². The number of aromatic nitrogens is 2. The highest BCUT2D eigenvalue weighted by Crippen LogP contribution is 2.19. The van der Waals surface area contributed by atoms with Gasteiger partial charge in [-0.15, -0.1) is 0 Å². The van der Waals surface area contributed by atoms with E-state index in [4.69, 9.17) is 22.7 Å². The summed E-state index contributed by atoms with van der Waals surface area (Å²) >= 11 is 4.80. The molecule has 4 nitrogen and oxygen atoms in total. The van der Waals surface area contributed by atoms with Gasteiger partial charge in [-0.3, -0.25) is 0 Å². The van der Waals surface area contributed by atoms with Crippen LogP contribution in [0.15, 0.2) is 48.8 Å². The van der Waals surface area contributed by atoms with Gasteiger partial charge in [0.05, 0.1) is 5.69 Å². The first-order chi connectivity index (χ1) is 10.1. The molecule has 0 saturated carbocycles. The molecule has 21 heavy (non-hydrogen) atoms. The molecule has 0 aliphatic carbocycles. The van der Waals surface area contributed by atoms with Gasteiger partial charge in [-0.05, 0) is 30.3 Å². The van der Waals surface area contributed by atoms with Crippen LogP contribution in [0.3, 0.4) is 0 Å². The van der Waals surface area contributed by atoms with Crippen molar-refractivity contribution in [1.29, 1.82) is 0 Å². The lowest BCUT2D eigenvalue weighted by Gasteiger charge is -2.06. The fourth-order valence-corrected chi connectivity index (χ4v) is 2.11. The van der Waals surface area contributed by atoms with E-state index in [2.05, 4.69) is 4.98 Å². The number of halogens is 1. The van der Waals surface area contributed by atoms with Crippen LogP contribution in [0.1, 0.15) is 11.3 Å². The molecule has 0 fully saturated rings. The third kappa shape index (κ3) is 2.85. The summed E-state index contributed by atoms with van der Waals surface area (Å²) in [7, 11) is 0. The molecule has 2 N–H and O–H groups in total. The Kier molecular flexibility index (Phi) is 3.53. The number of thiocarbonyl (C=S) groups is 1. The second-order valence-corrected chi connectivity index (χ2v) is 4.94. The fraction of sp³-hybridized carbons (Fsp3) is 0.0667. The number of pyridine rings is 1. The molecular weight excluding hydrogens is 289 g/mol. The lowest BCUT2D eigenvalue weighted by atomic mass is 10.2. The number of nitrogens with zero attached hydrogens (tertiary/aromatic N) is 2. The van der Waals surface area contributed by atoms with E-state index >= 15 is 0 Å². The zero-order valence-corrected chi connectivity index (χ0v) is 11.8. The summed E-state index contributed by atoms with van der Waals surface area (Å²) in [6.45, 7) is 0.186. The van der Waals surface area contributed by atoms with Crippen LogP contribution in [0.2, 0.25) is 0 Å². The molecule has 0 unspecified atom stereocenters. The van der Waals surface area contributed by atoms with Crippen LogP contribution in [0.25, 0.3) is 5.65 Å². The molecule has 1 aromatic carbocycles. The van der Waals surface area contributed by atoms with Crippen LogP contribution < -0.4 is 10.5 Å². The number of rotatable bonds is 4. The van der Waals surface area contributed by atoms with E-state index < -0.39 is 5.82 Å². The van der Waals surface area contributed by atoms with Gasteiger partial charge in [0.1, 0.15) is 17.2 Å². The molecule has 0 atom stereocenters. The molecule has 3 rings (SSSR count). The lowest BCUT2D eigenvalue weighted by molar-refractivity contribution is 0.286. The first-order valence-electron chi connectivity index (χ1n) is 6.28. The standard InChI is InChI=1S/C15H12FN3OS/c16-12-7-10(15(17)21)4-5-13(12)20-9-11-8-19-6-2-1-3-14(19)18-11/h1-8H,9H2,(H2,17,21). The second kappa shape index (κ2) is 5.49. The summed E-state index contributed by atoms with van der Waals surface area (Å²) in [5.74, 6) is -0.351. The molecule has 0 spiro atoms. The maximum absolute atomic E-state index is 13.9. The molecule has 6 heteroatoms. The quantitative estimate of drug-likeness (QED) is 0.753. The number of hydrogen-bond acceptors (Lipinski definition) is 3. The normalized spacial score (nSPS) is 10.7. The van der Waals surface area contributed by atoms with E-state index in [-0.39, 0.29) is 17.3 Å². The van der Waals surface area contributed by atoms with Gasteiger partial charge >= 0.3 is 0 Å². The minimum absolute atomic E-state index is 0.145. The summed E-state index contributed by atoms with van der Waals surface area (Å²) < 4.78 is 21.2. The Morgan fingerprint density at radius 2 is 2.19 bits per heavy atom. The van der Waals surface area contributed by atoms with E-state index in [0.29, 0.717) is 5.56 Å². The number of fused-ring (bicyclic) bond motifs is 1. The molecule has 0 saturated heterocycles. The van der Waals surface area contributed by atoms with Crippen molar-refractivity contribution in [2.45, 2.75) is 6.61 Å². The van der Waals surface area contributed by atoms with Crippen LogP contribution in [-0.4, -0.2) is 14.4 Å². The third-order valence-corrected chi connectivity index (χ3v) is 3.24. The number of ether oxygens (including phenoxy) is 1. The number of nitrogens with two attached hydrogens (primary N) is 1. The zero-order valence-electron chi connectivity index (χ0n) is 11.0. The first kappa shape index (κ1) is 13.5. The van der Waals surface area contributed by atoms with Crippen LogP contribution in [0, 0.1) is 5.82 Å². The predicted molar refractivity (Wildman–Crippen MR) is 81.8 cm³/mol. The van der Waals surface area contributed by atoms with Gasteiger partial charge < -0.3 is 14.9 Å². The Morgan fingerprint density at radius 3 is 2.90 bits per heavy atom. The average Bonchev–Trinajstić information content (AvgIpc) is 2.88. The van der Waals surface area contributed by atoms with Crippen molar-refractivity contribution in [1.82, 2.24) is 9.38 Å². The largest absolute Gasteiger partial charge is 0.484 e. The number of benzene rings is 1. The van der Waals surface area contributed by atoms with Crippen LogP contribution >= 0.6 is 12.2 Å². The maximum Gasteiger partial charge on any atom is 0.165 e. The van der Waals surface area contributed by atoms with Crippen molar-refractivity contribution in [3.8, 4) is 5.75 Å². The lowest BCUT2D eigenvalue weighted by Crippen LogP contribution is -2.09. The molecule has 2 heterocycles. The van der Waals surface area contributed by atoms with Gasteiger partial charge in [-0.1, -0.05) is 18.3 Å². The molecule has 2 aromatic heterocycles. The average molecular weight is 301 g/mol. The van der Waals surface area contributed by atoms with Crippen LogP contribution in [0.5, 0.6) is 5.75 Å². The summed E-state index contributed by atoms with van der Waals surface area (Å²) in [6, 6.07) is 10.1. The summed E-state index contributed by atoms with van der Waals surface area (Å²) in [5, 5.41) is 0. The predicted octanol–water partition coefficient (Wildman–Crippen LogP) is 2.69. The molecule has 0 amide bonds. The van der Waals surface area contributed by atoms with Gasteiger partial charge in [-0.25, -0.2) is 9.37 Å².